The Morgan fingerprint density at radius 2 is 1.42 bits per heavy atom. The van der Waals surface area contributed by atoms with E-state index >= 15 is 0 Å². The zero-order chi connectivity index (χ0) is 8.82. The molecule has 0 spiro atoms. The van der Waals surface area contributed by atoms with Crippen molar-refractivity contribution in [2.45, 2.75) is 37.0 Å². The van der Waals surface area contributed by atoms with E-state index in [4.69, 9.17) is 0 Å². The first kappa shape index (κ1) is 8.51. The molecule has 0 N–H and O–H groups in total. The van der Waals surface area contributed by atoms with Gasteiger partial charge < -0.3 is 0 Å². The molecule has 0 saturated carbocycles. The Hall–Kier alpha value is -0.0900. The zero-order valence-electron chi connectivity index (χ0n) is 8.17. The van der Waals surface area contributed by atoms with Gasteiger partial charge in [-0.2, -0.15) is 0 Å². The predicted octanol–water partition coefficient (Wildman–Crippen LogP) is 3.54. The second-order valence-electron chi connectivity index (χ2n) is 4.49. The molecule has 1 saturated heterocycles. The second kappa shape index (κ2) is 2.45. The predicted molar refractivity (Wildman–Crippen MR) is 57.2 cm³/mol. The molecule has 0 nitrogen and oxygen atoms in total. The molecule has 12 heavy (non-hydrogen) atoms. The SMILES string of the molecule is CP1C2(C)C=CC=CC1(C)CC2. The van der Waals surface area contributed by atoms with Crippen LogP contribution in [-0.4, -0.2) is 17.0 Å². The van der Waals surface area contributed by atoms with Crippen molar-refractivity contribution in [1.82, 2.24) is 0 Å². The van der Waals surface area contributed by atoms with Gasteiger partial charge in [0.05, 0.1) is 0 Å². The van der Waals surface area contributed by atoms with E-state index in [2.05, 4.69) is 44.8 Å². The third kappa shape index (κ3) is 1.01. The molecule has 2 atom stereocenters. The second-order valence-corrected chi connectivity index (χ2v) is 7.65. The minimum absolute atomic E-state index is 0.133. The summed E-state index contributed by atoms with van der Waals surface area (Å²) >= 11 is 0. The fourth-order valence-corrected chi connectivity index (χ4v) is 5.02. The van der Waals surface area contributed by atoms with Gasteiger partial charge in [0.2, 0.25) is 0 Å². The van der Waals surface area contributed by atoms with E-state index in [0.29, 0.717) is 10.3 Å². The van der Waals surface area contributed by atoms with Crippen molar-refractivity contribution in [3.8, 4) is 0 Å². The minimum atomic E-state index is 0.133. The van der Waals surface area contributed by atoms with Crippen molar-refractivity contribution in [2.24, 2.45) is 0 Å². The van der Waals surface area contributed by atoms with Crippen LogP contribution in [0.3, 0.4) is 0 Å². The molecular weight excluding hydrogens is 163 g/mol. The molecule has 2 unspecified atom stereocenters. The Labute approximate surface area is 76.5 Å². The molecule has 2 rings (SSSR count). The van der Waals surface area contributed by atoms with Crippen LogP contribution in [0, 0.1) is 0 Å². The molecule has 2 aliphatic rings. The first-order valence-corrected chi connectivity index (χ1v) is 6.47. The molecule has 1 heteroatoms. The lowest BCUT2D eigenvalue weighted by Crippen LogP contribution is -2.18. The largest absolute Gasteiger partial charge is 0.0898 e. The molecule has 1 fully saturated rings. The van der Waals surface area contributed by atoms with Crippen molar-refractivity contribution in [1.29, 1.82) is 0 Å². The number of fused-ring (bicyclic) bond motifs is 2. The summed E-state index contributed by atoms with van der Waals surface area (Å²) in [4.78, 5) is 0. The van der Waals surface area contributed by atoms with E-state index in [1.54, 1.807) is 0 Å². The summed E-state index contributed by atoms with van der Waals surface area (Å²) in [6.07, 6.45) is 12.1. The molecule has 66 valence electrons. The van der Waals surface area contributed by atoms with Crippen LogP contribution in [-0.2, 0) is 0 Å². The van der Waals surface area contributed by atoms with Gasteiger partial charge in [-0.25, -0.2) is 0 Å². The Morgan fingerprint density at radius 1 is 1.00 bits per heavy atom. The van der Waals surface area contributed by atoms with Crippen LogP contribution in [0.5, 0.6) is 0 Å². The maximum Gasteiger partial charge on any atom is 0.00643 e. The van der Waals surface area contributed by atoms with Crippen molar-refractivity contribution < 1.29 is 0 Å². The maximum atomic E-state index is 2.46. The van der Waals surface area contributed by atoms with Crippen LogP contribution in [0.4, 0.5) is 0 Å². The van der Waals surface area contributed by atoms with E-state index in [1.165, 1.54) is 12.8 Å². The van der Waals surface area contributed by atoms with Gasteiger partial charge in [0.15, 0.2) is 0 Å². The molecule has 0 amide bonds. The van der Waals surface area contributed by atoms with Gasteiger partial charge in [0.25, 0.3) is 0 Å². The van der Waals surface area contributed by atoms with Gasteiger partial charge in [-0.05, 0) is 19.5 Å². The Balaban J connectivity index is 2.45. The Bertz CT molecular complexity index is 228. The molecule has 2 aliphatic heterocycles. The van der Waals surface area contributed by atoms with Gasteiger partial charge >= 0.3 is 0 Å². The highest BCUT2D eigenvalue weighted by Gasteiger charge is 2.46. The average Bonchev–Trinajstić information content (AvgIpc) is 2.17. The Kier molecular flexibility index (Phi) is 1.74. The number of hydrogen-bond donors (Lipinski definition) is 0. The molecule has 2 bridgehead atoms. The normalized spacial score (nSPS) is 51.1. The van der Waals surface area contributed by atoms with Gasteiger partial charge in [-0.3, -0.25) is 0 Å². The summed E-state index contributed by atoms with van der Waals surface area (Å²) in [6, 6.07) is 0. The highest BCUT2D eigenvalue weighted by atomic mass is 31.1. The standard InChI is InChI=1S/C11H17P/c1-10-6-4-5-7-11(2,9-8-10)12(10)3/h4-7H,8-9H2,1-3H3. The summed E-state index contributed by atoms with van der Waals surface area (Å²) in [7, 11) is 0.133. The summed E-state index contributed by atoms with van der Waals surface area (Å²) < 4.78 is 0. The van der Waals surface area contributed by atoms with Gasteiger partial charge in [0, 0.05) is 10.3 Å². The number of rotatable bonds is 0. The third-order valence-electron chi connectivity index (χ3n) is 3.69. The van der Waals surface area contributed by atoms with Gasteiger partial charge in [-0.15, -0.1) is 0 Å². The molecule has 0 radical (unpaired) electrons. The average molecular weight is 180 g/mol. The van der Waals surface area contributed by atoms with Crippen LogP contribution in [0.1, 0.15) is 26.7 Å². The number of allylic oxidation sites excluding steroid dienone is 4. The third-order valence-corrected chi connectivity index (χ3v) is 7.50. The highest BCUT2D eigenvalue weighted by Crippen LogP contribution is 2.68. The zero-order valence-corrected chi connectivity index (χ0v) is 9.07. The van der Waals surface area contributed by atoms with Gasteiger partial charge in [-0.1, -0.05) is 46.1 Å². The summed E-state index contributed by atoms with van der Waals surface area (Å²) in [6.45, 7) is 7.31. The van der Waals surface area contributed by atoms with Crippen LogP contribution in [0.15, 0.2) is 24.3 Å². The van der Waals surface area contributed by atoms with Crippen LogP contribution >= 0.6 is 7.92 Å². The topological polar surface area (TPSA) is 0 Å². The smallest absolute Gasteiger partial charge is 0.00643 e. The summed E-state index contributed by atoms with van der Waals surface area (Å²) in [5.74, 6) is 0. The number of hydrogen-bond acceptors (Lipinski definition) is 0. The highest BCUT2D eigenvalue weighted by molar-refractivity contribution is 7.61. The molecule has 0 aromatic carbocycles. The van der Waals surface area contributed by atoms with E-state index in [9.17, 15) is 0 Å². The quantitative estimate of drug-likeness (QED) is 0.500. The van der Waals surface area contributed by atoms with Crippen LogP contribution < -0.4 is 0 Å². The molecule has 2 heterocycles. The van der Waals surface area contributed by atoms with Gasteiger partial charge in [0.1, 0.15) is 0 Å². The van der Waals surface area contributed by atoms with E-state index in [-0.39, 0.29) is 7.92 Å². The van der Waals surface area contributed by atoms with Crippen molar-refractivity contribution in [3.05, 3.63) is 24.3 Å². The van der Waals surface area contributed by atoms with Crippen molar-refractivity contribution in [2.75, 3.05) is 6.66 Å². The summed E-state index contributed by atoms with van der Waals surface area (Å²) in [5.41, 5.74) is 0. The molecule has 0 aromatic rings. The fraction of sp³-hybridized carbons (Fsp3) is 0.636. The van der Waals surface area contributed by atoms with E-state index < -0.39 is 0 Å². The van der Waals surface area contributed by atoms with Crippen LogP contribution in [0.25, 0.3) is 0 Å². The Morgan fingerprint density at radius 3 is 1.83 bits per heavy atom. The molecular formula is C11H17P. The van der Waals surface area contributed by atoms with E-state index in [0.717, 1.165) is 0 Å². The lowest BCUT2D eigenvalue weighted by molar-refractivity contribution is 0.645. The fourth-order valence-electron chi connectivity index (χ4n) is 2.34. The van der Waals surface area contributed by atoms with Crippen molar-refractivity contribution in [3.63, 3.8) is 0 Å². The monoisotopic (exact) mass is 180 g/mol. The first-order chi connectivity index (χ1) is 5.57. The van der Waals surface area contributed by atoms with E-state index in [1.807, 2.05) is 0 Å². The maximum absolute atomic E-state index is 2.46. The van der Waals surface area contributed by atoms with Crippen molar-refractivity contribution >= 4 is 7.92 Å². The lowest BCUT2D eigenvalue weighted by atomic mass is 9.95. The lowest BCUT2D eigenvalue weighted by Gasteiger charge is -2.32. The molecule has 0 aliphatic carbocycles. The van der Waals surface area contributed by atoms with Crippen LogP contribution in [0.2, 0.25) is 0 Å². The minimum Gasteiger partial charge on any atom is -0.0898 e. The molecule has 0 aromatic heterocycles. The first-order valence-electron chi connectivity index (χ1n) is 4.68. The summed E-state index contributed by atoms with van der Waals surface area (Å²) in [5, 5.41) is 1.04.